The van der Waals surface area contributed by atoms with E-state index < -0.39 is 5.92 Å². The van der Waals surface area contributed by atoms with E-state index >= 15 is 0 Å². The number of rotatable bonds is 3. The molecule has 0 amide bonds. The first-order valence-electron chi connectivity index (χ1n) is 6.45. The van der Waals surface area contributed by atoms with Gasteiger partial charge in [-0.3, -0.25) is 0 Å². The van der Waals surface area contributed by atoms with E-state index in [-0.39, 0.29) is 30.6 Å². The zero-order chi connectivity index (χ0) is 14.0. The molecule has 106 valence electrons. The van der Waals surface area contributed by atoms with Crippen LogP contribution in [-0.2, 0) is 6.42 Å². The predicted octanol–water partition coefficient (Wildman–Crippen LogP) is 4.17. The Morgan fingerprint density at radius 3 is 2.53 bits per heavy atom. The highest BCUT2D eigenvalue weighted by molar-refractivity contribution is 6.31. The monoisotopic (exact) mass is 291 g/mol. The molecule has 1 fully saturated rings. The van der Waals surface area contributed by atoms with Crippen LogP contribution in [0.15, 0.2) is 18.2 Å². The van der Waals surface area contributed by atoms with Crippen molar-refractivity contribution in [2.75, 3.05) is 0 Å². The summed E-state index contributed by atoms with van der Waals surface area (Å²) in [6, 6.07) is 4.16. The molecule has 0 aromatic heterocycles. The van der Waals surface area contributed by atoms with Gasteiger partial charge in [0.25, 0.3) is 0 Å². The molecule has 1 aromatic rings. The number of halogens is 4. The summed E-state index contributed by atoms with van der Waals surface area (Å²) >= 11 is 5.94. The Bertz CT molecular complexity index is 420. The molecule has 0 aliphatic heterocycles. The molecular weight excluding hydrogens is 275 g/mol. The van der Waals surface area contributed by atoms with Crippen LogP contribution in [0.4, 0.5) is 13.2 Å². The van der Waals surface area contributed by atoms with Crippen molar-refractivity contribution in [3.8, 4) is 0 Å². The summed E-state index contributed by atoms with van der Waals surface area (Å²) in [6.45, 7) is 0. The SMILES string of the molecule is NC(Cc1c(F)cccc1Cl)C1CCC(F)(F)CC1. The summed E-state index contributed by atoms with van der Waals surface area (Å²) in [5.74, 6) is -2.94. The molecule has 2 N–H and O–H groups in total. The van der Waals surface area contributed by atoms with Crippen molar-refractivity contribution in [2.24, 2.45) is 11.7 Å². The Balaban J connectivity index is 2.00. The molecule has 0 heterocycles. The van der Waals surface area contributed by atoms with Crippen LogP contribution >= 0.6 is 11.6 Å². The first-order valence-corrected chi connectivity index (χ1v) is 6.83. The summed E-state index contributed by atoms with van der Waals surface area (Å²) in [4.78, 5) is 0. The van der Waals surface area contributed by atoms with Crippen LogP contribution in [-0.4, -0.2) is 12.0 Å². The lowest BCUT2D eigenvalue weighted by molar-refractivity contribution is -0.0481. The van der Waals surface area contributed by atoms with Crippen molar-refractivity contribution in [1.82, 2.24) is 0 Å². The molecule has 1 atom stereocenters. The highest BCUT2D eigenvalue weighted by Gasteiger charge is 2.36. The first kappa shape index (κ1) is 14.7. The minimum atomic E-state index is -2.56. The molecule has 2 rings (SSSR count). The van der Waals surface area contributed by atoms with E-state index in [4.69, 9.17) is 17.3 Å². The molecular formula is C14H17ClF3N. The van der Waals surface area contributed by atoms with E-state index in [0.717, 1.165) is 0 Å². The van der Waals surface area contributed by atoms with Gasteiger partial charge in [0.05, 0.1) is 0 Å². The zero-order valence-corrected chi connectivity index (χ0v) is 11.3. The van der Waals surface area contributed by atoms with Gasteiger partial charge in [-0.15, -0.1) is 0 Å². The molecule has 0 spiro atoms. The van der Waals surface area contributed by atoms with Gasteiger partial charge in [-0.1, -0.05) is 17.7 Å². The number of hydrogen-bond acceptors (Lipinski definition) is 1. The fourth-order valence-corrected chi connectivity index (χ4v) is 2.86. The number of benzene rings is 1. The van der Waals surface area contributed by atoms with E-state index in [1.807, 2.05) is 0 Å². The van der Waals surface area contributed by atoms with Gasteiger partial charge in [-0.2, -0.15) is 0 Å². The second-order valence-electron chi connectivity index (χ2n) is 5.26. The smallest absolute Gasteiger partial charge is 0.248 e. The molecule has 0 saturated heterocycles. The number of nitrogens with two attached hydrogens (primary N) is 1. The Hall–Kier alpha value is -0.740. The molecule has 19 heavy (non-hydrogen) atoms. The lowest BCUT2D eigenvalue weighted by Crippen LogP contribution is -2.37. The zero-order valence-electron chi connectivity index (χ0n) is 10.5. The van der Waals surface area contributed by atoms with Crippen LogP contribution in [0.25, 0.3) is 0 Å². The third-order valence-corrected chi connectivity index (χ3v) is 4.22. The van der Waals surface area contributed by atoms with Crippen LogP contribution in [0.2, 0.25) is 5.02 Å². The van der Waals surface area contributed by atoms with E-state index in [9.17, 15) is 13.2 Å². The van der Waals surface area contributed by atoms with E-state index in [2.05, 4.69) is 0 Å². The van der Waals surface area contributed by atoms with E-state index in [1.54, 1.807) is 6.07 Å². The molecule has 1 saturated carbocycles. The summed E-state index contributed by atoms with van der Waals surface area (Å²) in [6.07, 6.45) is 0.814. The maximum atomic E-state index is 13.6. The van der Waals surface area contributed by atoms with Gasteiger partial charge in [0.2, 0.25) is 5.92 Å². The van der Waals surface area contributed by atoms with Crippen molar-refractivity contribution in [1.29, 1.82) is 0 Å². The lowest BCUT2D eigenvalue weighted by atomic mass is 9.80. The number of alkyl halides is 2. The Morgan fingerprint density at radius 1 is 1.32 bits per heavy atom. The van der Waals surface area contributed by atoms with Crippen molar-refractivity contribution in [3.05, 3.63) is 34.6 Å². The van der Waals surface area contributed by atoms with Crippen molar-refractivity contribution in [2.45, 2.75) is 44.1 Å². The maximum Gasteiger partial charge on any atom is 0.248 e. The largest absolute Gasteiger partial charge is 0.327 e. The van der Waals surface area contributed by atoms with Crippen LogP contribution in [0, 0.1) is 11.7 Å². The second-order valence-corrected chi connectivity index (χ2v) is 5.67. The summed E-state index contributed by atoms with van der Waals surface area (Å²) in [5, 5.41) is 0.344. The van der Waals surface area contributed by atoms with Gasteiger partial charge in [-0.25, -0.2) is 13.2 Å². The molecule has 1 nitrogen and oxygen atoms in total. The minimum Gasteiger partial charge on any atom is -0.327 e. The topological polar surface area (TPSA) is 26.0 Å². The maximum absolute atomic E-state index is 13.6. The van der Waals surface area contributed by atoms with Crippen molar-refractivity contribution < 1.29 is 13.2 Å². The molecule has 0 bridgehead atoms. The van der Waals surface area contributed by atoms with Gasteiger partial charge in [-0.05, 0) is 37.3 Å². The number of hydrogen-bond donors (Lipinski definition) is 1. The van der Waals surface area contributed by atoms with Gasteiger partial charge in [0, 0.05) is 29.5 Å². The quantitative estimate of drug-likeness (QED) is 0.888. The Morgan fingerprint density at radius 2 is 1.95 bits per heavy atom. The summed E-state index contributed by atoms with van der Waals surface area (Å²) in [7, 11) is 0. The third-order valence-electron chi connectivity index (χ3n) is 3.87. The van der Waals surface area contributed by atoms with Gasteiger partial charge >= 0.3 is 0 Å². The van der Waals surface area contributed by atoms with Crippen LogP contribution in [0.3, 0.4) is 0 Å². The molecule has 5 heteroatoms. The highest BCUT2D eigenvalue weighted by Crippen LogP contribution is 2.38. The fourth-order valence-electron chi connectivity index (χ4n) is 2.62. The predicted molar refractivity (Wildman–Crippen MR) is 70.0 cm³/mol. The first-order chi connectivity index (χ1) is 8.89. The van der Waals surface area contributed by atoms with Crippen LogP contribution in [0.1, 0.15) is 31.2 Å². The summed E-state index contributed by atoms with van der Waals surface area (Å²) in [5.41, 5.74) is 6.42. The molecule has 1 aromatic carbocycles. The van der Waals surface area contributed by atoms with E-state index in [0.29, 0.717) is 29.8 Å². The van der Waals surface area contributed by atoms with Gasteiger partial charge < -0.3 is 5.73 Å². The Labute approximate surface area is 115 Å². The normalized spacial score (nSPS) is 21.3. The van der Waals surface area contributed by atoms with Crippen molar-refractivity contribution >= 4 is 11.6 Å². The standard InChI is InChI=1S/C14H17ClF3N/c15-11-2-1-3-12(16)10(11)8-13(19)9-4-6-14(17,18)7-5-9/h1-3,9,13H,4-8,19H2. The van der Waals surface area contributed by atoms with Crippen LogP contribution in [0.5, 0.6) is 0 Å². The molecule has 0 radical (unpaired) electrons. The minimum absolute atomic E-state index is 0.00953. The average molecular weight is 292 g/mol. The molecule has 1 aliphatic rings. The van der Waals surface area contributed by atoms with Crippen molar-refractivity contribution in [3.63, 3.8) is 0 Å². The molecule has 1 aliphatic carbocycles. The second kappa shape index (κ2) is 5.71. The van der Waals surface area contributed by atoms with Gasteiger partial charge in [0.15, 0.2) is 0 Å². The summed E-state index contributed by atoms with van der Waals surface area (Å²) < 4.78 is 39.8. The van der Waals surface area contributed by atoms with E-state index in [1.165, 1.54) is 12.1 Å². The highest BCUT2D eigenvalue weighted by atomic mass is 35.5. The molecule has 1 unspecified atom stereocenters. The van der Waals surface area contributed by atoms with Crippen LogP contribution < -0.4 is 5.73 Å². The lowest BCUT2D eigenvalue weighted by Gasteiger charge is -2.32. The fraction of sp³-hybridized carbons (Fsp3) is 0.571. The van der Waals surface area contributed by atoms with Gasteiger partial charge in [0.1, 0.15) is 5.82 Å². The Kier molecular flexibility index (Phi) is 4.41. The third kappa shape index (κ3) is 3.63. The average Bonchev–Trinajstić information content (AvgIpc) is 2.33.